The van der Waals surface area contributed by atoms with E-state index in [2.05, 4.69) is 4.98 Å². The molecule has 0 radical (unpaired) electrons. The Morgan fingerprint density at radius 3 is 2.96 bits per heavy atom. The lowest BCUT2D eigenvalue weighted by Crippen LogP contribution is -2.19. The van der Waals surface area contributed by atoms with Crippen molar-refractivity contribution in [2.24, 2.45) is 17.8 Å². The van der Waals surface area contributed by atoms with Crippen LogP contribution in [0.1, 0.15) is 43.4 Å². The van der Waals surface area contributed by atoms with Crippen LogP contribution >= 0.6 is 0 Å². The Hall–Kier alpha value is -2.17. The highest BCUT2D eigenvalue weighted by Crippen LogP contribution is 2.49. The van der Waals surface area contributed by atoms with E-state index >= 15 is 0 Å². The highest BCUT2D eigenvalue weighted by Gasteiger charge is 2.40. The molecule has 0 unspecified atom stereocenters. The summed E-state index contributed by atoms with van der Waals surface area (Å²) < 4.78 is 6.89. The third kappa shape index (κ3) is 2.95. The summed E-state index contributed by atoms with van der Waals surface area (Å²) in [6.07, 6.45) is 7.34. The molecular weight excluding hydrogens is 304 g/mol. The van der Waals surface area contributed by atoms with Crippen molar-refractivity contribution in [2.75, 3.05) is 0 Å². The maximum atomic E-state index is 12.1. The van der Waals surface area contributed by atoms with Crippen LogP contribution in [-0.2, 0) is 16.1 Å². The van der Waals surface area contributed by atoms with Crippen molar-refractivity contribution in [3.05, 3.63) is 46.0 Å². The molecule has 0 amide bonds. The number of carbonyl (C=O) groups is 1. The number of hydrogen-bond acceptors (Lipinski definition) is 4. The fourth-order valence-electron chi connectivity index (χ4n) is 4.39. The van der Waals surface area contributed by atoms with Crippen LogP contribution < -0.4 is 5.56 Å². The van der Waals surface area contributed by atoms with Gasteiger partial charge in [-0.2, -0.15) is 0 Å². The summed E-state index contributed by atoms with van der Waals surface area (Å²) in [4.78, 5) is 28.7. The highest BCUT2D eigenvalue weighted by atomic mass is 16.5. The third-order valence-electron chi connectivity index (χ3n) is 5.55. The number of pyridine rings is 1. The minimum atomic E-state index is -0.168. The van der Waals surface area contributed by atoms with Crippen molar-refractivity contribution in [1.29, 1.82) is 0 Å². The second-order valence-electron chi connectivity index (χ2n) is 7.32. The van der Waals surface area contributed by atoms with E-state index in [1.807, 2.05) is 13.0 Å². The van der Waals surface area contributed by atoms with Gasteiger partial charge in [0.15, 0.2) is 0 Å². The quantitative estimate of drug-likeness (QED) is 0.811. The van der Waals surface area contributed by atoms with Gasteiger partial charge < -0.3 is 4.74 Å². The first-order valence-corrected chi connectivity index (χ1v) is 8.73. The van der Waals surface area contributed by atoms with E-state index in [4.69, 9.17) is 4.74 Å². The van der Waals surface area contributed by atoms with E-state index in [1.54, 1.807) is 12.3 Å². The fraction of sp³-hybridized carbons (Fsp3) is 0.526. The molecule has 24 heavy (non-hydrogen) atoms. The standard InChI is InChI=1S/C19H22N2O3/c1-12-2-5-17-20-16(9-18(22)21(17)10-12)11-24-19(23)8-15-7-13-3-4-14(15)6-13/h2,5,9-10,13-15H,3-4,6-8,11H2,1H3/t13-,14-,15+/m1/s1. The number of rotatable bonds is 4. The molecule has 0 N–H and O–H groups in total. The van der Waals surface area contributed by atoms with Crippen molar-refractivity contribution in [3.8, 4) is 0 Å². The van der Waals surface area contributed by atoms with Crippen LogP contribution in [0.3, 0.4) is 0 Å². The largest absolute Gasteiger partial charge is 0.459 e. The monoisotopic (exact) mass is 326 g/mol. The first-order chi connectivity index (χ1) is 11.6. The lowest BCUT2D eigenvalue weighted by atomic mass is 9.86. The van der Waals surface area contributed by atoms with Crippen LogP contribution in [0.2, 0.25) is 0 Å². The predicted molar refractivity (Wildman–Crippen MR) is 89.6 cm³/mol. The molecule has 2 aromatic heterocycles. The number of carbonyl (C=O) groups excluding carboxylic acids is 1. The Morgan fingerprint density at radius 1 is 1.33 bits per heavy atom. The molecule has 3 atom stereocenters. The summed E-state index contributed by atoms with van der Waals surface area (Å²) in [6, 6.07) is 5.15. The van der Waals surface area contributed by atoms with Gasteiger partial charge in [0, 0.05) is 18.7 Å². The van der Waals surface area contributed by atoms with Gasteiger partial charge in [0.1, 0.15) is 12.3 Å². The Labute approximate surface area is 140 Å². The number of esters is 1. The average Bonchev–Trinajstić information content (AvgIpc) is 3.16. The van der Waals surface area contributed by atoms with E-state index in [9.17, 15) is 9.59 Å². The second kappa shape index (κ2) is 6.04. The molecule has 2 heterocycles. The summed E-state index contributed by atoms with van der Waals surface area (Å²) in [5, 5.41) is 0. The van der Waals surface area contributed by atoms with E-state index in [1.165, 1.54) is 36.2 Å². The summed E-state index contributed by atoms with van der Waals surface area (Å²) in [6.45, 7) is 2.00. The van der Waals surface area contributed by atoms with Gasteiger partial charge in [0.2, 0.25) is 0 Å². The molecule has 2 aliphatic rings. The lowest BCUT2D eigenvalue weighted by molar-refractivity contribution is -0.146. The maximum Gasteiger partial charge on any atom is 0.306 e. The zero-order valence-corrected chi connectivity index (χ0v) is 13.9. The molecule has 0 saturated heterocycles. The van der Waals surface area contributed by atoms with Crippen LogP contribution in [0.25, 0.3) is 5.65 Å². The Kier molecular flexibility index (Phi) is 3.87. The SMILES string of the molecule is Cc1ccc2nc(COC(=O)C[C@@H]3C[C@@H]4CC[C@@H]3C4)cc(=O)n2c1. The van der Waals surface area contributed by atoms with Gasteiger partial charge in [0.05, 0.1) is 5.69 Å². The predicted octanol–water partition coefficient (Wildman–Crippen LogP) is 2.87. The van der Waals surface area contributed by atoms with Crippen molar-refractivity contribution in [3.63, 3.8) is 0 Å². The van der Waals surface area contributed by atoms with Crippen LogP contribution in [0.15, 0.2) is 29.2 Å². The van der Waals surface area contributed by atoms with Gasteiger partial charge in [0.25, 0.3) is 5.56 Å². The molecule has 4 rings (SSSR count). The minimum absolute atomic E-state index is 0.0687. The first kappa shape index (κ1) is 15.4. The van der Waals surface area contributed by atoms with Crippen molar-refractivity contribution < 1.29 is 9.53 Å². The molecule has 2 aliphatic carbocycles. The van der Waals surface area contributed by atoms with Gasteiger partial charge in [-0.15, -0.1) is 0 Å². The number of aryl methyl sites for hydroxylation is 1. The Bertz CT molecular complexity index is 842. The molecule has 0 aliphatic heterocycles. The number of ether oxygens (including phenoxy) is 1. The van der Waals surface area contributed by atoms with E-state index in [0.717, 1.165) is 11.5 Å². The molecule has 2 bridgehead atoms. The van der Waals surface area contributed by atoms with Crippen LogP contribution in [0.5, 0.6) is 0 Å². The summed E-state index contributed by atoms with van der Waals surface area (Å²) >= 11 is 0. The van der Waals surface area contributed by atoms with E-state index < -0.39 is 0 Å². The molecular formula is C19H22N2O3. The van der Waals surface area contributed by atoms with Crippen LogP contribution in [-0.4, -0.2) is 15.4 Å². The molecule has 5 heteroatoms. The van der Waals surface area contributed by atoms with Gasteiger partial charge in [-0.25, -0.2) is 4.98 Å². The Balaban J connectivity index is 1.40. The average molecular weight is 326 g/mol. The minimum Gasteiger partial charge on any atom is -0.459 e. The van der Waals surface area contributed by atoms with Crippen molar-refractivity contribution in [2.45, 2.75) is 45.6 Å². The smallest absolute Gasteiger partial charge is 0.306 e. The molecule has 2 fully saturated rings. The van der Waals surface area contributed by atoms with Gasteiger partial charge in [-0.3, -0.25) is 14.0 Å². The third-order valence-corrected chi connectivity index (χ3v) is 5.55. The van der Waals surface area contributed by atoms with Gasteiger partial charge in [-0.1, -0.05) is 12.5 Å². The molecule has 0 spiro atoms. The highest BCUT2D eigenvalue weighted by molar-refractivity contribution is 5.69. The molecule has 2 aromatic rings. The number of hydrogen-bond donors (Lipinski definition) is 0. The summed E-state index contributed by atoms with van der Waals surface area (Å²) in [5.41, 5.74) is 1.93. The summed E-state index contributed by atoms with van der Waals surface area (Å²) in [7, 11) is 0. The zero-order chi connectivity index (χ0) is 16.7. The van der Waals surface area contributed by atoms with Gasteiger partial charge in [-0.05, 0) is 55.6 Å². The normalized spacial score (nSPS) is 25.3. The van der Waals surface area contributed by atoms with Gasteiger partial charge >= 0.3 is 5.97 Å². The first-order valence-electron chi connectivity index (χ1n) is 8.73. The van der Waals surface area contributed by atoms with Crippen LogP contribution in [0, 0.1) is 24.7 Å². The molecule has 0 aromatic carbocycles. The number of nitrogens with zero attached hydrogens (tertiary/aromatic N) is 2. The van der Waals surface area contributed by atoms with Crippen molar-refractivity contribution >= 4 is 11.6 Å². The second-order valence-corrected chi connectivity index (χ2v) is 7.32. The molecule has 5 nitrogen and oxygen atoms in total. The number of fused-ring (bicyclic) bond motifs is 3. The maximum absolute atomic E-state index is 12.1. The van der Waals surface area contributed by atoms with E-state index in [-0.39, 0.29) is 18.1 Å². The summed E-state index contributed by atoms with van der Waals surface area (Å²) in [5.74, 6) is 1.88. The molecule has 2 saturated carbocycles. The lowest BCUT2D eigenvalue weighted by Gasteiger charge is -2.20. The van der Waals surface area contributed by atoms with Crippen molar-refractivity contribution in [1.82, 2.24) is 9.38 Å². The Morgan fingerprint density at radius 2 is 2.21 bits per heavy atom. The topological polar surface area (TPSA) is 60.7 Å². The zero-order valence-electron chi connectivity index (χ0n) is 13.9. The fourth-order valence-corrected chi connectivity index (χ4v) is 4.39. The van der Waals surface area contributed by atoms with Crippen LogP contribution in [0.4, 0.5) is 0 Å². The number of aromatic nitrogens is 2. The van der Waals surface area contributed by atoms with E-state index in [0.29, 0.717) is 29.6 Å². The molecule has 126 valence electrons.